The minimum Gasteiger partial charge on any atom is -0.389 e. The van der Waals surface area contributed by atoms with Crippen molar-refractivity contribution >= 4 is 0 Å². The first-order chi connectivity index (χ1) is 7.63. The number of aliphatic hydroxyl groups is 1. The predicted octanol–water partition coefficient (Wildman–Crippen LogP) is 1.78. The molecule has 1 heterocycles. The minimum absolute atomic E-state index is 0.544. The van der Waals surface area contributed by atoms with E-state index < -0.39 is 5.60 Å². The van der Waals surface area contributed by atoms with Crippen molar-refractivity contribution in [3.8, 4) is 0 Å². The molecule has 4 heteroatoms. The molecule has 0 bridgehead atoms. The molecule has 1 aromatic rings. The molecule has 1 aliphatic carbocycles. The Morgan fingerprint density at radius 1 is 1.62 bits per heavy atom. The molecule has 1 saturated carbocycles. The first-order valence-corrected chi connectivity index (χ1v) is 6.22. The third-order valence-corrected chi connectivity index (χ3v) is 3.45. The predicted molar refractivity (Wildman–Crippen MR) is 62.0 cm³/mol. The monoisotopic (exact) mass is 223 g/mol. The lowest BCUT2D eigenvalue weighted by Crippen LogP contribution is -2.29. The molecule has 1 N–H and O–H groups in total. The van der Waals surface area contributed by atoms with Gasteiger partial charge < -0.3 is 5.11 Å². The van der Waals surface area contributed by atoms with Crippen LogP contribution in [0.1, 0.15) is 45.4 Å². The van der Waals surface area contributed by atoms with Crippen molar-refractivity contribution in [1.29, 1.82) is 0 Å². The fourth-order valence-electron chi connectivity index (χ4n) is 2.65. The molecule has 90 valence electrons. The van der Waals surface area contributed by atoms with Crippen LogP contribution in [0.5, 0.6) is 0 Å². The molecule has 0 spiro atoms. The molecule has 0 radical (unpaired) electrons. The lowest BCUT2D eigenvalue weighted by Gasteiger charge is -2.22. The third kappa shape index (κ3) is 2.43. The van der Waals surface area contributed by atoms with E-state index in [0.717, 1.165) is 38.1 Å². The second-order valence-electron chi connectivity index (χ2n) is 5.15. The van der Waals surface area contributed by atoms with Gasteiger partial charge in [-0.15, -0.1) is 0 Å². The molecule has 4 nitrogen and oxygen atoms in total. The van der Waals surface area contributed by atoms with E-state index in [9.17, 15) is 5.11 Å². The maximum Gasteiger partial charge on any atom is 0.138 e. The van der Waals surface area contributed by atoms with Gasteiger partial charge in [-0.2, -0.15) is 5.10 Å². The van der Waals surface area contributed by atoms with E-state index in [1.807, 2.05) is 4.68 Å². The fraction of sp³-hybridized carbons (Fsp3) is 0.833. The molecule has 1 aliphatic rings. The highest BCUT2D eigenvalue weighted by atomic mass is 16.3. The normalized spacial score (nSPS) is 29.8. The van der Waals surface area contributed by atoms with Crippen molar-refractivity contribution < 1.29 is 5.11 Å². The standard InChI is InChI=1S/C12H21N3O/c1-3-6-15-11(13-9-14-15)8-12(16)5-4-10(2)7-12/h9-10,16H,3-8H2,1-2H3. The summed E-state index contributed by atoms with van der Waals surface area (Å²) in [5.41, 5.74) is -0.544. The van der Waals surface area contributed by atoms with E-state index in [0.29, 0.717) is 12.3 Å². The zero-order valence-corrected chi connectivity index (χ0v) is 10.2. The average Bonchev–Trinajstić information content (AvgIpc) is 2.76. The second kappa shape index (κ2) is 4.53. The van der Waals surface area contributed by atoms with Gasteiger partial charge in [0.2, 0.25) is 0 Å². The molecule has 2 atom stereocenters. The van der Waals surface area contributed by atoms with Gasteiger partial charge in [0.05, 0.1) is 5.60 Å². The molecule has 0 saturated heterocycles. The van der Waals surface area contributed by atoms with Crippen molar-refractivity contribution in [2.45, 2.75) is 58.1 Å². The van der Waals surface area contributed by atoms with Gasteiger partial charge in [-0.3, -0.25) is 4.68 Å². The zero-order chi connectivity index (χ0) is 11.6. The summed E-state index contributed by atoms with van der Waals surface area (Å²) in [6.45, 7) is 5.22. The Labute approximate surface area is 96.7 Å². The maximum absolute atomic E-state index is 10.4. The highest BCUT2D eigenvalue weighted by molar-refractivity contribution is 4.98. The Hall–Kier alpha value is -0.900. The number of aryl methyl sites for hydroxylation is 1. The first kappa shape index (κ1) is 11.6. The van der Waals surface area contributed by atoms with Gasteiger partial charge in [-0.1, -0.05) is 13.8 Å². The van der Waals surface area contributed by atoms with Crippen LogP contribution in [0.15, 0.2) is 6.33 Å². The van der Waals surface area contributed by atoms with Gasteiger partial charge in [0, 0.05) is 13.0 Å². The Bertz CT molecular complexity index is 350. The number of hydrogen-bond acceptors (Lipinski definition) is 3. The third-order valence-electron chi connectivity index (χ3n) is 3.45. The zero-order valence-electron chi connectivity index (χ0n) is 10.2. The van der Waals surface area contributed by atoms with Crippen LogP contribution in [-0.2, 0) is 13.0 Å². The molecule has 1 aromatic heterocycles. The fourth-order valence-corrected chi connectivity index (χ4v) is 2.65. The average molecular weight is 223 g/mol. The number of hydrogen-bond donors (Lipinski definition) is 1. The highest BCUT2D eigenvalue weighted by Crippen LogP contribution is 2.36. The molecule has 16 heavy (non-hydrogen) atoms. The van der Waals surface area contributed by atoms with Gasteiger partial charge in [-0.05, 0) is 31.6 Å². The van der Waals surface area contributed by atoms with E-state index in [1.165, 1.54) is 0 Å². The number of nitrogens with zero attached hydrogens (tertiary/aromatic N) is 3. The van der Waals surface area contributed by atoms with E-state index >= 15 is 0 Å². The van der Waals surface area contributed by atoms with Gasteiger partial charge in [0.15, 0.2) is 0 Å². The van der Waals surface area contributed by atoms with Crippen LogP contribution < -0.4 is 0 Å². The number of aromatic nitrogens is 3. The van der Waals surface area contributed by atoms with Gasteiger partial charge in [-0.25, -0.2) is 4.98 Å². The van der Waals surface area contributed by atoms with E-state index in [2.05, 4.69) is 23.9 Å². The Balaban J connectivity index is 2.05. The molecular weight excluding hydrogens is 202 g/mol. The molecule has 0 aliphatic heterocycles. The number of rotatable bonds is 4. The molecule has 2 rings (SSSR count). The van der Waals surface area contributed by atoms with Crippen molar-refractivity contribution in [3.05, 3.63) is 12.2 Å². The van der Waals surface area contributed by atoms with E-state index in [-0.39, 0.29) is 0 Å². The smallest absolute Gasteiger partial charge is 0.138 e. The molecule has 0 amide bonds. The van der Waals surface area contributed by atoms with Crippen LogP contribution >= 0.6 is 0 Å². The Morgan fingerprint density at radius 3 is 3.06 bits per heavy atom. The molecular formula is C12H21N3O. The Morgan fingerprint density at radius 2 is 2.44 bits per heavy atom. The van der Waals surface area contributed by atoms with Gasteiger partial charge in [0.1, 0.15) is 12.2 Å². The van der Waals surface area contributed by atoms with E-state index in [1.54, 1.807) is 6.33 Å². The maximum atomic E-state index is 10.4. The molecule has 0 aromatic carbocycles. The van der Waals surface area contributed by atoms with Crippen molar-refractivity contribution in [2.24, 2.45) is 5.92 Å². The largest absolute Gasteiger partial charge is 0.389 e. The highest BCUT2D eigenvalue weighted by Gasteiger charge is 2.36. The topological polar surface area (TPSA) is 50.9 Å². The van der Waals surface area contributed by atoms with Crippen LogP contribution in [0.3, 0.4) is 0 Å². The summed E-state index contributed by atoms with van der Waals surface area (Å²) in [5, 5.41) is 14.6. The summed E-state index contributed by atoms with van der Waals surface area (Å²) in [6, 6.07) is 0. The SMILES string of the molecule is CCCn1ncnc1CC1(O)CCC(C)C1. The minimum atomic E-state index is -0.544. The molecule has 2 unspecified atom stereocenters. The van der Waals surface area contributed by atoms with Crippen LogP contribution in [0.2, 0.25) is 0 Å². The summed E-state index contributed by atoms with van der Waals surface area (Å²) in [7, 11) is 0. The van der Waals surface area contributed by atoms with E-state index in [4.69, 9.17) is 0 Å². The van der Waals surface area contributed by atoms with Crippen LogP contribution in [0.25, 0.3) is 0 Å². The quantitative estimate of drug-likeness (QED) is 0.846. The summed E-state index contributed by atoms with van der Waals surface area (Å²) in [4.78, 5) is 4.26. The summed E-state index contributed by atoms with van der Waals surface area (Å²) >= 11 is 0. The lowest BCUT2D eigenvalue weighted by molar-refractivity contribution is 0.0415. The Kier molecular flexibility index (Phi) is 3.28. The summed E-state index contributed by atoms with van der Waals surface area (Å²) in [6.07, 6.45) is 6.20. The molecule has 1 fully saturated rings. The lowest BCUT2D eigenvalue weighted by atomic mass is 9.96. The van der Waals surface area contributed by atoms with Crippen molar-refractivity contribution in [1.82, 2.24) is 14.8 Å². The van der Waals surface area contributed by atoms with Crippen LogP contribution in [0.4, 0.5) is 0 Å². The summed E-state index contributed by atoms with van der Waals surface area (Å²) < 4.78 is 1.92. The van der Waals surface area contributed by atoms with Gasteiger partial charge in [0.25, 0.3) is 0 Å². The van der Waals surface area contributed by atoms with Crippen LogP contribution in [-0.4, -0.2) is 25.5 Å². The summed E-state index contributed by atoms with van der Waals surface area (Å²) in [5.74, 6) is 1.56. The second-order valence-corrected chi connectivity index (χ2v) is 5.15. The van der Waals surface area contributed by atoms with Gasteiger partial charge >= 0.3 is 0 Å². The van der Waals surface area contributed by atoms with Crippen molar-refractivity contribution in [2.75, 3.05) is 0 Å². The first-order valence-electron chi connectivity index (χ1n) is 6.22. The van der Waals surface area contributed by atoms with Crippen molar-refractivity contribution in [3.63, 3.8) is 0 Å². The van der Waals surface area contributed by atoms with Crippen LogP contribution in [0, 0.1) is 5.92 Å².